The normalized spacial score (nSPS) is 11.4. The maximum Gasteiger partial charge on any atom is 0.416 e. The van der Waals surface area contributed by atoms with Crippen LogP contribution in [0.2, 0.25) is 0 Å². The van der Waals surface area contributed by atoms with Gasteiger partial charge in [-0.1, -0.05) is 42.5 Å². The fourth-order valence-electron chi connectivity index (χ4n) is 2.92. The molecule has 0 aliphatic rings. The van der Waals surface area contributed by atoms with E-state index in [1.165, 1.54) is 6.07 Å². The number of carbonyl (C=O) groups excluding carboxylic acids is 1. The van der Waals surface area contributed by atoms with Crippen molar-refractivity contribution in [2.24, 2.45) is 0 Å². The second-order valence-electron chi connectivity index (χ2n) is 6.47. The highest BCUT2D eigenvalue weighted by Crippen LogP contribution is 2.29. The molecule has 27 heavy (non-hydrogen) atoms. The topological polar surface area (TPSA) is 30.0 Å². The van der Waals surface area contributed by atoms with Crippen LogP contribution in [0.25, 0.3) is 11.1 Å². The van der Waals surface area contributed by atoms with Crippen LogP contribution in [0.4, 0.5) is 13.2 Å². The van der Waals surface area contributed by atoms with E-state index in [1.54, 1.807) is 12.3 Å². The fraction of sp³-hybridized carbons (Fsp3) is 0.182. The van der Waals surface area contributed by atoms with Crippen LogP contribution in [0.1, 0.15) is 22.4 Å². The number of benzene rings is 2. The van der Waals surface area contributed by atoms with Crippen LogP contribution in [0.5, 0.6) is 0 Å². The van der Waals surface area contributed by atoms with Gasteiger partial charge in [-0.05, 0) is 47.4 Å². The summed E-state index contributed by atoms with van der Waals surface area (Å²) in [6.45, 7) is 1.92. The second-order valence-corrected chi connectivity index (χ2v) is 6.47. The van der Waals surface area contributed by atoms with Gasteiger partial charge in [0.1, 0.15) is 5.78 Å². The third kappa shape index (κ3) is 5.03. The van der Waals surface area contributed by atoms with E-state index in [-0.39, 0.29) is 18.6 Å². The quantitative estimate of drug-likeness (QED) is 0.600. The van der Waals surface area contributed by atoms with Crippen LogP contribution in [0.15, 0.2) is 66.9 Å². The van der Waals surface area contributed by atoms with E-state index >= 15 is 0 Å². The predicted molar refractivity (Wildman–Crippen MR) is 98.3 cm³/mol. The molecule has 2 aromatic carbocycles. The van der Waals surface area contributed by atoms with Crippen molar-refractivity contribution in [3.8, 4) is 11.1 Å². The summed E-state index contributed by atoms with van der Waals surface area (Å²) in [6.07, 6.45) is -2.49. The van der Waals surface area contributed by atoms with Crippen LogP contribution in [-0.4, -0.2) is 10.8 Å². The number of Topliss-reactive ketones (excluding diaryl/α,β-unsaturated/α-hetero) is 1. The molecular formula is C22H18F3NO. The highest BCUT2D eigenvalue weighted by Gasteiger charge is 2.30. The van der Waals surface area contributed by atoms with Gasteiger partial charge in [-0.15, -0.1) is 0 Å². The number of hydrogen-bond donors (Lipinski definition) is 0. The zero-order valence-corrected chi connectivity index (χ0v) is 14.8. The Bertz CT molecular complexity index is 946. The number of alkyl halides is 3. The Hall–Kier alpha value is -2.95. The van der Waals surface area contributed by atoms with Crippen molar-refractivity contribution in [2.75, 3.05) is 0 Å². The van der Waals surface area contributed by atoms with E-state index in [0.717, 1.165) is 34.5 Å². The molecule has 2 nitrogen and oxygen atoms in total. The number of carbonyl (C=O) groups is 1. The molecule has 138 valence electrons. The molecule has 5 heteroatoms. The molecule has 0 bridgehead atoms. The van der Waals surface area contributed by atoms with Gasteiger partial charge in [-0.25, -0.2) is 0 Å². The van der Waals surface area contributed by atoms with Crippen molar-refractivity contribution in [3.63, 3.8) is 0 Å². The number of halogens is 3. The van der Waals surface area contributed by atoms with Crippen molar-refractivity contribution >= 4 is 5.78 Å². The van der Waals surface area contributed by atoms with Crippen molar-refractivity contribution in [2.45, 2.75) is 25.9 Å². The van der Waals surface area contributed by atoms with E-state index in [1.807, 2.05) is 43.3 Å². The van der Waals surface area contributed by atoms with Gasteiger partial charge in [0.2, 0.25) is 0 Å². The largest absolute Gasteiger partial charge is 0.416 e. The fourth-order valence-corrected chi connectivity index (χ4v) is 2.92. The van der Waals surface area contributed by atoms with Gasteiger partial charge in [0, 0.05) is 24.7 Å². The van der Waals surface area contributed by atoms with Crippen LogP contribution >= 0.6 is 0 Å². The maximum atomic E-state index is 12.8. The summed E-state index contributed by atoms with van der Waals surface area (Å²) in [5.41, 5.74) is 3.47. The molecule has 1 aromatic heterocycles. The minimum Gasteiger partial charge on any atom is -0.299 e. The van der Waals surface area contributed by atoms with Gasteiger partial charge in [0.15, 0.2) is 0 Å². The summed E-state index contributed by atoms with van der Waals surface area (Å²) in [4.78, 5) is 16.4. The van der Waals surface area contributed by atoms with E-state index < -0.39 is 11.7 Å². The van der Waals surface area contributed by atoms with Crippen molar-refractivity contribution in [1.29, 1.82) is 0 Å². The molecule has 0 spiro atoms. The van der Waals surface area contributed by atoms with Gasteiger partial charge >= 0.3 is 6.18 Å². The van der Waals surface area contributed by atoms with Crippen LogP contribution < -0.4 is 0 Å². The molecule has 0 atom stereocenters. The highest BCUT2D eigenvalue weighted by molar-refractivity contribution is 5.83. The average molecular weight is 369 g/mol. The summed E-state index contributed by atoms with van der Waals surface area (Å²) in [7, 11) is 0. The molecule has 0 saturated carbocycles. The third-order valence-corrected chi connectivity index (χ3v) is 4.24. The minimum atomic E-state index is -4.40. The Balaban J connectivity index is 1.66. The Labute approximate surface area is 155 Å². The molecule has 0 amide bonds. The maximum absolute atomic E-state index is 12.8. The van der Waals surface area contributed by atoms with Crippen molar-refractivity contribution < 1.29 is 18.0 Å². The van der Waals surface area contributed by atoms with Gasteiger partial charge in [0.25, 0.3) is 0 Å². The first kappa shape index (κ1) is 18.8. The number of ketones is 1. The second kappa shape index (κ2) is 7.74. The molecule has 3 aromatic rings. The monoisotopic (exact) mass is 369 g/mol. The number of hydrogen-bond acceptors (Lipinski definition) is 2. The Morgan fingerprint density at radius 3 is 2.26 bits per heavy atom. The van der Waals surface area contributed by atoms with Crippen LogP contribution in [0.3, 0.4) is 0 Å². The summed E-state index contributed by atoms with van der Waals surface area (Å²) in [5.74, 6) is -0.123. The smallest absolute Gasteiger partial charge is 0.299 e. The minimum absolute atomic E-state index is 0.0186. The molecule has 3 rings (SSSR count). The highest BCUT2D eigenvalue weighted by atomic mass is 19.4. The molecule has 0 N–H and O–H groups in total. The Kier molecular flexibility index (Phi) is 5.40. The van der Waals surface area contributed by atoms with E-state index in [9.17, 15) is 18.0 Å². The zero-order valence-electron chi connectivity index (χ0n) is 14.8. The first-order valence-electron chi connectivity index (χ1n) is 8.51. The van der Waals surface area contributed by atoms with E-state index in [0.29, 0.717) is 5.56 Å². The van der Waals surface area contributed by atoms with Crippen LogP contribution in [-0.2, 0) is 23.8 Å². The van der Waals surface area contributed by atoms with Gasteiger partial charge in [0.05, 0.1) is 5.56 Å². The number of nitrogens with zero attached hydrogens (tertiary/aromatic N) is 1. The van der Waals surface area contributed by atoms with Crippen LogP contribution in [0, 0.1) is 6.92 Å². The summed E-state index contributed by atoms with van der Waals surface area (Å²) in [5, 5.41) is 0. The van der Waals surface area contributed by atoms with Crippen molar-refractivity contribution in [1.82, 2.24) is 4.98 Å². The summed E-state index contributed by atoms with van der Waals surface area (Å²) >= 11 is 0. The third-order valence-electron chi connectivity index (χ3n) is 4.24. The predicted octanol–water partition coefficient (Wildman–Crippen LogP) is 5.43. The van der Waals surface area contributed by atoms with Gasteiger partial charge < -0.3 is 0 Å². The first-order chi connectivity index (χ1) is 12.8. The molecule has 0 fully saturated rings. The number of aromatic nitrogens is 1. The molecular weight excluding hydrogens is 351 g/mol. The number of pyridine rings is 1. The van der Waals surface area contributed by atoms with Crippen molar-refractivity contribution in [3.05, 3.63) is 89.2 Å². The molecule has 0 saturated heterocycles. The lowest BCUT2D eigenvalue weighted by molar-refractivity contribution is -0.137. The van der Waals surface area contributed by atoms with Gasteiger partial charge in [-0.2, -0.15) is 13.2 Å². The lowest BCUT2D eigenvalue weighted by atomic mass is 9.99. The standard InChI is InChI=1S/C22H18F3NO/c1-15-11-19(9-10-26-15)18-7-5-16(6-8-18)13-21(27)14-17-3-2-4-20(12-17)22(23,24)25/h2-12H,13-14H2,1H3. The lowest BCUT2D eigenvalue weighted by Crippen LogP contribution is -2.09. The van der Waals surface area contributed by atoms with E-state index in [4.69, 9.17) is 0 Å². The summed E-state index contributed by atoms with van der Waals surface area (Å²) in [6, 6.07) is 16.4. The van der Waals surface area contributed by atoms with E-state index in [2.05, 4.69) is 4.98 Å². The number of aryl methyl sites for hydroxylation is 1. The molecule has 0 unspecified atom stereocenters. The first-order valence-corrected chi connectivity index (χ1v) is 8.51. The van der Waals surface area contributed by atoms with Gasteiger partial charge in [-0.3, -0.25) is 9.78 Å². The lowest BCUT2D eigenvalue weighted by Gasteiger charge is -2.09. The molecule has 0 aliphatic heterocycles. The summed E-state index contributed by atoms with van der Waals surface area (Å²) < 4.78 is 38.3. The molecule has 0 radical (unpaired) electrons. The Morgan fingerprint density at radius 1 is 0.889 bits per heavy atom. The average Bonchev–Trinajstić information content (AvgIpc) is 2.62. The zero-order chi connectivity index (χ0) is 19.4. The number of rotatable bonds is 5. The Morgan fingerprint density at radius 2 is 1.59 bits per heavy atom. The molecule has 1 heterocycles. The molecule has 0 aliphatic carbocycles. The SMILES string of the molecule is Cc1cc(-c2ccc(CC(=O)Cc3cccc(C(F)(F)F)c3)cc2)ccn1.